The fourth-order valence-corrected chi connectivity index (χ4v) is 4.02. The minimum atomic E-state index is -5.07. The lowest BCUT2D eigenvalue weighted by molar-refractivity contribution is -0.143. The van der Waals surface area contributed by atoms with Crippen LogP contribution in [0.3, 0.4) is 0 Å². The smallest absolute Gasteiger partial charge is 0.436 e. The maximum atomic E-state index is 14.1. The van der Waals surface area contributed by atoms with Gasteiger partial charge in [-0.05, 0) is 24.1 Å². The zero-order chi connectivity index (χ0) is 22.9. The number of pyridine rings is 1. The third-order valence-electron chi connectivity index (χ3n) is 4.37. The van der Waals surface area contributed by atoms with Gasteiger partial charge in [-0.15, -0.1) is 11.3 Å². The topological polar surface area (TPSA) is 59.9 Å². The third-order valence-corrected chi connectivity index (χ3v) is 5.69. The van der Waals surface area contributed by atoms with E-state index in [-0.39, 0.29) is 11.9 Å². The zero-order valence-corrected chi connectivity index (χ0v) is 17.5. The van der Waals surface area contributed by atoms with Crippen molar-refractivity contribution >= 4 is 39.0 Å². The van der Waals surface area contributed by atoms with Gasteiger partial charge in [-0.1, -0.05) is 23.7 Å². The van der Waals surface area contributed by atoms with Gasteiger partial charge >= 0.3 is 6.18 Å². The Morgan fingerprint density at radius 3 is 2.53 bits per heavy atom. The van der Waals surface area contributed by atoms with Crippen LogP contribution in [0.25, 0.3) is 10.2 Å². The van der Waals surface area contributed by atoms with E-state index < -0.39 is 29.3 Å². The Bertz CT molecular complexity index is 1260. The van der Waals surface area contributed by atoms with Crippen molar-refractivity contribution in [3.8, 4) is 11.5 Å². The van der Waals surface area contributed by atoms with E-state index in [9.17, 15) is 22.0 Å². The summed E-state index contributed by atoms with van der Waals surface area (Å²) in [5.74, 6) is -3.84. The summed E-state index contributed by atoms with van der Waals surface area (Å²) in [4.78, 5) is 11.9. The van der Waals surface area contributed by atoms with E-state index >= 15 is 0 Å². The van der Waals surface area contributed by atoms with Gasteiger partial charge in [0.05, 0.1) is 16.6 Å². The molecule has 3 aromatic heterocycles. The van der Waals surface area contributed by atoms with E-state index in [0.29, 0.717) is 23.8 Å². The molecule has 5 nitrogen and oxygen atoms in total. The number of benzene rings is 1. The number of aromatic nitrogens is 3. The molecular formula is C20H12ClF5N4OS. The lowest BCUT2D eigenvalue weighted by Crippen LogP contribution is -2.12. The molecule has 4 rings (SSSR count). The van der Waals surface area contributed by atoms with Gasteiger partial charge in [0, 0.05) is 11.9 Å². The molecule has 32 heavy (non-hydrogen) atoms. The number of halogens is 6. The molecule has 0 aliphatic rings. The molecule has 0 aliphatic carbocycles. The Labute approximate surface area is 186 Å². The Morgan fingerprint density at radius 1 is 1.06 bits per heavy atom. The fourth-order valence-electron chi connectivity index (χ4n) is 2.88. The van der Waals surface area contributed by atoms with Gasteiger partial charge in [-0.25, -0.2) is 23.7 Å². The van der Waals surface area contributed by atoms with Crippen LogP contribution in [0, 0.1) is 11.6 Å². The van der Waals surface area contributed by atoms with Crippen LogP contribution in [0.4, 0.5) is 27.8 Å². The first kappa shape index (κ1) is 22.2. The quantitative estimate of drug-likeness (QED) is 0.316. The molecule has 0 saturated heterocycles. The first-order chi connectivity index (χ1) is 15.2. The molecule has 0 unspecified atom stereocenters. The van der Waals surface area contributed by atoms with Gasteiger partial charge in [0.2, 0.25) is 5.75 Å². The molecule has 3 heterocycles. The monoisotopic (exact) mass is 486 g/mol. The zero-order valence-electron chi connectivity index (χ0n) is 15.9. The number of alkyl halides is 3. The predicted octanol–water partition coefficient (Wildman–Crippen LogP) is 6.48. The van der Waals surface area contributed by atoms with Crippen LogP contribution in [0.1, 0.15) is 11.3 Å². The molecule has 0 radical (unpaired) electrons. The van der Waals surface area contributed by atoms with E-state index in [4.69, 9.17) is 16.3 Å². The maximum Gasteiger partial charge on any atom is 0.436 e. The summed E-state index contributed by atoms with van der Waals surface area (Å²) in [5.41, 5.74) is -1.00. The normalized spacial score (nSPS) is 11.7. The summed E-state index contributed by atoms with van der Waals surface area (Å²) >= 11 is 7.58. The minimum absolute atomic E-state index is 0.0265. The van der Waals surface area contributed by atoms with Crippen LogP contribution in [0.2, 0.25) is 5.02 Å². The second-order valence-electron chi connectivity index (χ2n) is 6.50. The minimum Gasteiger partial charge on any atom is -0.451 e. The van der Waals surface area contributed by atoms with Crippen LogP contribution in [0.15, 0.2) is 42.2 Å². The van der Waals surface area contributed by atoms with Crippen molar-refractivity contribution in [2.24, 2.45) is 0 Å². The van der Waals surface area contributed by atoms with E-state index in [1.165, 1.54) is 29.8 Å². The maximum absolute atomic E-state index is 14.1. The lowest BCUT2D eigenvalue weighted by Gasteiger charge is -2.12. The van der Waals surface area contributed by atoms with Gasteiger partial charge < -0.3 is 10.1 Å². The largest absolute Gasteiger partial charge is 0.451 e. The van der Waals surface area contributed by atoms with Crippen molar-refractivity contribution in [3.63, 3.8) is 0 Å². The summed E-state index contributed by atoms with van der Waals surface area (Å²) in [6.45, 7) is 0.501. The highest BCUT2D eigenvalue weighted by Crippen LogP contribution is 2.36. The Morgan fingerprint density at radius 2 is 1.81 bits per heavy atom. The van der Waals surface area contributed by atoms with Gasteiger partial charge in [-0.2, -0.15) is 13.2 Å². The van der Waals surface area contributed by atoms with Gasteiger partial charge in [0.25, 0.3) is 0 Å². The van der Waals surface area contributed by atoms with Gasteiger partial charge in [0.15, 0.2) is 17.3 Å². The van der Waals surface area contributed by atoms with Crippen LogP contribution < -0.4 is 10.1 Å². The number of hydrogen-bond donors (Lipinski definition) is 1. The number of anilines is 1. The molecule has 0 aliphatic heterocycles. The Kier molecular flexibility index (Phi) is 6.11. The highest BCUT2D eigenvalue weighted by atomic mass is 35.5. The Hall–Kier alpha value is -3.05. The van der Waals surface area contributed by atoms with Crippen LogP contribution in [0.5, 0.6) is 11.5 Å². The number of ether oxygens (including phenoxy) is 1. The third kappa shape index (κ3) is 4.58. The molecule has 0 bridgehead atoms. The van der Waals surface area contributed by atoms with Crippen LogP contribution >= 0.6 is 22.9 Å². The highest BCUT2D eigenvalue weighted by molar-refractivity contribution is 7.17. The first-order valence-electron chi connectivity index (χ1n) is 9.03. The number of hydrogen-bond acceptors (Lipinski definition) is 6. The van der Waals surface area contributed by atoms with Crippen molar-refractivity contribution < 1.29 is 26.7 Å². The number of rotatable bonds is 6. The average molecular weight is 487 g/mol. The molecule has 0 fully saturated rings. The molecule has 1 N–H and O–H groups in total. The summed E-state index contributed by atoms with van der Waals surface area (Å²) in [7, 11) is 0. The Balaban J connectivity index is 1.42. The van der Waals surface area contributed by atoms with Crippen molar-refractivity contribution in [1.29, 1.82) is 0 Å². The fraction of sp³-hybridized carbons (Fsp3) is 0.150. The molecule has 4 aromatic rings. The second kappa shape index (κ2) is 8.83. The lowest BCUT2D eigenvalue weighted by atomic mass is 10.1. The molecular weight excluding hydrogens is 475 g/mol. The van der Waals surface area contributed by atoms with E-state index in [1.807, 2.05) is 0 Å². The molecule has 12 heteroatoms. The second-order valence-corrected chi connectivity index (χ2v) is 7.77. The summed E-state index contributed by atoms with van der Waals surface area (Å²) in [6, 6.07) is 6.07. The molecule has 1 aromatic carbocycles. The van der Waals surface area contributed by atoms with Gasteiger partial charge in [-0.3, -0.25) is 0 Å². The van der Waals surface area contributed by atoms with Crippen molar-refractivity contribution in [3.05, 3.63) is 70.1 Å². The molecule has 0 saturated carbocycles. The number of fused-ring (bicyclic) bond motifs is 1. The SMILES string of the molecule is Fc1cnc(C(F)(F)F)c(F)c1Oc1ccc(CCNc2ncnc3scc(Cl)c23)cc1. The van der Waals surface area contributed by atoms with E-state index in [0.717, 1.165) is 15.8 Å². The van der Waals surface area contributed by atoms with Gasteiger partial charge in [0.1, 0.15) is 22.7 Å². The molecule has 0 amide bonds. The summed E-state index contributed by atoms with van der Waals surface area (Å²) < 4.78 is 71.2. The summed E-state index contributed by atoms with van der Waals surface area (Å²) in [6.07, 6.45) is -2.81. The van der Waals surface area contributed by atoms with E-state index in [1.54, 1.807) is 17.5 Å². The molecule has 0 atom stereocenters. The van der Waals surface area contributed by atoms with Crippen LogP contribution in [-0.2, 0) is 12.6 Å². The average Bonchev–Trinajstić information content (AvgIpc) is 3.13. The predicted molar refractivity (Wildman–Crippen MR) is 110 cm³/mol. The summed E-state index contributed by atoms with van der Waals surface area (Å²) in [5, 5.41) is 6.25. The number of nitrogens with one attached hydrogen (secondary N) is 1. The molecule has 166 valence electrons. The van der Waals surface area contributed by atoms with E-state index in [2.05, 4.69) is 20.3 Å². The number of nitrogens with zero attached hydrogens (tertiary/aromatic N) is 3. The van der Waals surface area contributed by atoms with Crippen molar-refractivity contribution in [2.75, 3.05) is 11.9 Å². The highest BCUT2D eigenvalue weighted by Gasteiger charge is 2.38. The standard InChI is InChI=1S/C20H12ClF5N4OS/c21-12-8-32-19-14(12)18(29-9-30-19)27-6-5-10-1-3-11(4-2-10)31-16-13(22)7-28-17(15(16)23)20(24,25)26/h1-4,7-9H,5-6H2,(H,27,29,30). The van der Waals surface area contributed by atoms with Crippen molar-refractivity contribution in [1.82, 2.24) is 15.0 Å². The number of thiophene rings is 1. The molecule has 0 spiro atoms. The van der Waals surface area contributed by atoms with Crippen LogP contribution in [-0.4, -0.2) is 21.5 Å². The van der Waals surface area contributed by atoms with Crippen molar-refractivity contribution in [2.45, 2.75) is 12.6 Å². The first-order valence-corrected chi connectivity index (χ1v) is 10.3.